The summed E-state index contributed by atoms with van der Waals surface area (Å²) >= 11 is 0. The summed E-state index contributed by atoms with van der Waals surface area (Å²) in [7, 11) is -6.11. The quantitative estimate of drug-likeness (QED) is 0.0487. The van der Waals surface area contributed by atoms with Crippen molar-refractivity contribution < 1.29 is 36.0 Å². The van der Waals surface area contributed by atoms with Gasteiger partial charge >= 0.3 is 17.1 Å². The molecule has 4 nitrogen and oxygen atoms in total. The fourth-order valence-corrected chi connectivity index (χ4v) is 8.02. The third-order valence-corrected chi connectivity index (χ3v) is 11.4. The number of hydrogen-bond acceptors (Lipinski definition) is 4. The third-order valence-electron chi connectivity index (χ3n) is 7.41. The minimum atomic E-state index is -3.05. The molecule has 0 rings (SSSR count). The van der Waals surface area contributed by atoms with Crippen LogP contribution in [0, 0.1) is 0 Å². The molecule has 0 aliphatic carbocycles. The van der Waals surface area contributed by atoms with Crippen LogP contribution < -0.4 is 9.79 Å². The van der Waals surface area contributed by atoms with E-state index >= 15 is 0 Å². The standard InChI is InChI=1S/2C16H35O2P.Fe/c2*1-3-5-7-9-11-13-15-19(17,18)16-14-12-10-8-6-4-2;/h2*3-16H2,1-2H3,(H,17,18);/q;;+2/p-2. The summed E-state index contributed by atoms with van der Waals surface area (Å²) in [6.07, 6.45) is 29.6. The van der Waals surface area contributed by atoms with E-state index in [0.717, 1.165) is 51.4 Å². The van der Waals surface area contributed by atoms with E-state index in [2.05, 4.69) is 27.7 Å². The van der Waals surface area contributed by atoms with Crippen LogP contribution in [0.5, 0.6) is 0 Å². The number of hydrogen-bond donors (Lipinski definition) is 0. The fraction of sp³-hybridized carbons (Fsp3) is 1.00. The second-order valence-corrected chi connectivity index (χ2v) is 16.6. The molecule has 0 spiro atoms. The van der Waals surface area contributed by atoms with Gasteiger partial charge in [0, 0.05) is 14.7 Å². The second-order valence-electron chi connectivity index (χ2n) is 11.6. The van der Waals surface area contributed by atoms with E-state index in [9.17, 15) is 18.9 Å². The van der Waals surface area contributed by atoms with E-state index in [0.29, 0.717) is 24.6 Å². The average molecular weight is 635 g/mol. The molecule has 0 saturated carbocycles. The number of rotatable bonds is 28. The predicted octanol–water partition coefficient (Wildman–Crippen LogP) is 10.7. The van der Waals surface area contributed by atoms with Crippen molar-refractivity contribution in [3.8, 4) is 0 Å². The van der Waals surface area contributed by atoms with Crippen molar-refractivity contribution in [1.82, 2.24) is 0 Å². The summed E-state index contributed by atoms with van der Waals surface area (Å²) in [5.41, 5.74) is 0. The van der Waals surface area contributed by atoms with Crippen molar-refractivity contribution in [2.75, 3.05) is 24.6 Å². The molecule has 238 valence electrons. The first-order chi connectivity index (χ1) is 18.2. The smallest absolute Gasteiger partial charge is 0.799 e. The minimum absolute atomic E-state index is 0. The van der Waals surface area contributed by atoms with E-state index in [1.165, 1.54) is 103 Å². The Bertz CT molecular complexity index is 472. The number of unbranched alkanes of at least 4 members (excludes halogenated alkanes) is 20. The van der Waals surface area contributed by atoms with Crippen LogP contribution in [0.25, 0.3) is 0 Å². The molecular formula is C32H68FeO4P2. The molecule has 0 amide bonds. The van der Waals surface area contributed by atoms with Gasteiger partial charge in [-0.15, -0.1) is 0 Å². The summed E-state index contributed by atoms with van der Waals surface area (Å²) in [5, 5.41) is 0. The van der Waals surface area contributed by atoms with Crippen molar-refractivity contribution in [3.63, 3.8) is 0 Å². The van der Waals surface area contributed by atoms with Crippen LogP contribution in [0.15, 0.2) is 0 Å². The van der Waals surface area contributed by atoms with Gasteiger partial charge in [-0.25, -0.2) is 0 Å². The molecule has 0 atom stereocenters. The maximum atomic E-state index is 11.8. The summed E-state index contributed by atoms with van der Waals surface area (Å²) in [4.78, 5) is 23.7. The molecule has 0 bridgehead atoms. The van der Waals surface area contributed by atoms with E-state index in [1.54, 1.807) is 0 Å². The molecule has 0 aromatic rings. The van der Waals surface area contributed by atoms with Gasteiger partial charge in [0.25, 0.3) is 0 Å². The zero-order chi connectivity index (χ0) is 28.8. The van der Waals surface area contributed by atoms with Gasteiger partial charge < -0.3 is 18.9 Å². The first-order valence-electron chi connectivity index (χ1n) is 16.8. The fourth-order valence-electron chi connectivity index (χ4n) is 4.76. The first-order valence-corrected chi connectivity index (χ1v) is 20.8. The Kier molecular flexibility index (Phi) is 38.0. The van der Waals surface area contributed by atoms with Crippen molar-refractivity contribution >= 4 is 14.7 Å². The van der Waals surface area contributed by atoms with Gasteiger partial charge in [0.05, 0.1) is 0 Å². The van der Waals surface area contributed by atoms with E-state index in [-0.39, 0.29) is 17.1 Å². The minimum Gasteiger partial charge on any atom is -0.799 e. The van der Waals surface area contributed by atoms with Gasteiger partial charge in [-0.2, -0.15) is 0 Å². The molecule has 0 aromatic carbocycles. The first kappa shape index (κ1) is 44.3. The Hall–Kier alpha value is 0.899. The van der Waals surface area contributed by atoms with Crippen molar-refractivity contribution in [2.45, 2.75) is 182 Å². The van der Waals surface area contributed by atoms with Gasteiger partial charge in [0.15, 0.2) is 0 Å². The SMILES string of the molecule is CCCCCCCCP(=O)([O-])CCCCCCCC.CCCCCCCCP(=O)([O-])CCCCCCCC.[Fe+2]. The second kappa shape index (κ2) is 33.4. The third kappa shape index (κ3) is 38.9. The molecule has 0 heterocycles. The zero-order valence-electron chi connectivity index (χ0n) is 26.7. The molecular weight excluding hydrogens is 566 g/mol. The van der Waals surface area contributed by atoms with Crippen LogP contribution in [0.2, 0.25) is 0 Å². The van der Waals surface area contributed by atoms with E-state index in [1.807, 2.05) is 0 Å². The van der Waals surface area contributed by atoms with Gasteiger partial charge in [0.2, 0.25) is 0 Å². The van der Waals surface area contributed by atoms with Gasteiger partial charge in [-0.05, 0) is 50.3 Å². The summed E-state index contributed by atoms with van der Waals surface area (Å²) < 4.78 is 23.7. The molecule has 0 N–H and O–H groups in total. The van der Waals surface area contributed by atoms with Crippen molar-refractivity contribution in [1.29, 1.82) is 0 Å². The Morgan fingerprint density at radius 2 is 0.487 bits per heavy atom. The van der Waals surface area contributed by atoms with Crippen LogP contribution >= 0.6 is 14.7 Å². The molecule has 0 fully saturated rings. The van der Waals surface area contributed by atoms with E-state index in [4.69, 9.17) is 0 Å². The van der Waals surface area contributed by atoms with E-state index < -0.39 is 14.7 Å². The van der Waals surface area contributed by atoms with Crippen LogP contribution in [-0.2, 0) is 26.2 Å². The largest absolute Gasteiger partial charge is 2.00 e. The topological polar surface area (TPSA) is 80.3 Å². The van der Waals surface area contributed by atoms with Crippen molar-refractivity contribution in [3.05, 3.63) is 0 Å². The summed E-state index contributed by atoms with van der Waals surface area (Å²) in [6.45, 7) is 8.80. The molecule has 0 unspecified atom stereocenters. The summed E-state index contributed by atoms with van der Waals surface area (Å²) in [6, 6.07) is 0. The Balaban J connectivity index is -0.000000648. The van der Waals surface area contributed by atoms with Crippen LogP contribution in [0.1, 0.15) is 182 Å². The maximum Gasteiger partial charge on any atom is 2.00 e. The molecule has 7 heteroatoms. The zero-order valence-corrected chi connectivity index (χ0v) is 29.6. The van der Waals surface area contributed by atoms with Gasteiger partial charge in [-0.1, -0.05) is 156 Å². The van der Waals surface area contributed by atoms with Crippen molar-refractivity contribution in [2.24, 2.45) is 0 Å². The summed E-state index contributed by atoms with van der Waals surface area (Å²) in [5.74, 6) is 0. The predicted molar refractivity (Wildman–Crippen MR) is 168 cm³/mol. The Morgan fingerprint density at radius 3 is 0.667 bits per heavy atom. The molecule has 39 heavy (non-hydrogen) atoms. The van der Waals surface area contributed by atoms with Gasteiger partial charge in [-0.3, -0.25) is 0 Å². The molecule has 0 aromatic heterocycles. The molecule has 0 saturated heterocycles. The molecule has 0 aliphatic heterocycles. The monoisotopic (exact) mass is 634 g/mol. The Labute approximate surface area is 256 Å². The molecule has 0 aliphatic rings. The van der Waals surface area contributed by atoms with Crippen LogP contribution in [-0.4, -0.2) is 24.6 Å². The average Bonchev–Trinajstić information content (AvgIpc) is 2.88. The maximum absolute atomic E-state index is 11.8. The Morgan fingerprint density at radius 1 is 0.333 bits per heavy atom. The molecule has 0 radical (unpaired) electrons. The van der Waals surface area contributed by atoms with Crippen LogP contribution in [0.3, 0.4) is 0 Å². The normalized spacial score (nSPS) is 11.6. The van der Waals surface area contributed by atoms with Gasteiger partial charge in [0.1, 0.15) is 0 Å². The van der Waals surface area contributed by atoms with Crippen LogP contribution in [0.4, 0.5) is 0 Å².